The first kappa shape index (κ1) is 12.8. The summed E-state index contributed by atoms with van der Waals surface area (Å²) in [7, 11) is 0. The van der Waals surface area contributed by atoms with Crippen LogP contribution in [0.3, 0.4) is 0 Å². The normalized spacial score (nSPS) is 10.7. The molecule has 0 saturated carbocycles. The molecule has 0 saturated heterocycles. The van der Waals surface area contributed by atoms with Gasteiger partial charge in [-0.1, -0.05) is 13.8 Å². The maximum atomic E-state index is 7.12. The molecule has 0 spiro atoms. The van der Waals surface area contributed by atoms with Crippen LogP contribution in [-0.2, 0) is 0 Å². The Hall–Kier alpha value is -0.220. The SMILES string of the molecule is CCSCCN(CC)CCC(=N)N. The molecule has 0 aromatic rings. The molecule has 0 aromatic heterocycles. The Morgan fingerprint density at radius 2 is 2.08 bits per heavy atom. The minimum absolute atomic E-state index is 0.293. The third-order valence-corrected chi connectivity index (χ3v) is 2.78. The quantitative estimate of drug-likeness (QED) is 0.356. The topological polar surface area (TPSA) is 53.1 Å². The lowest BCUT2D eigenvalue weighted by Crippen LogP contribution is -2.29. The van der Waals surface area contributed by atoms with Gasteiger partial charge in [-0.25, -0.2) is 0 Å². The van der Waals surface area contributed by atoms with Crippen molar-refractivity contribution in [1.29, 1.82) is 5.41 Å². The standard InChI is InChI=1S/C9H21N3S/c1-3-12(6-5-9(10)11)7-8-13-4-2/h3-8H2,1-2H3,(H3,10,11). The molecule has 0 aromatic carbocycles. The molecule has 0 bridgehead atoms. The fraction of sp³-hybridized carbons (Fsp3) is 0.889. The highest BCUT2D eigenvalue weighted by Gasteiger charge is 2.01. The third-order valence-electron chi connectivity index (χ3n) is 1.90. The Balaban J connectivity index is 3.45. The zero-order chi connectivity index (χ0) is 10.1. The van der Waals surface area contributed by atoms with E-state index in [1.807, 2.05) is 11.8 Å². The molecule has 13 heavy (non-hydrogen) atoms. The first-order valence-electron chi connectivity index (χ1n) is 4.83. The zero-order valence-corrected chi connectivity index (χ0v) is 9.49. The van der Waals surface area contributed by atoms with E-state index in [2.05, 4.69) is 18.7 Å². The van der Waals surface area contributed by atoms with Gasteiger partial charge in [-0.2, -0.15) is 11.8 Å². The molecule has 0 rings (SSSR count). The first-order chi connectivity index (χ1) is 6.20. The van der Waals surface area contributed by atoms with Crippen LogP contribution in [0, 0.1) is 5.41 Å². The second kappa shape index (κ2) is 8.38. The van der Waals surface area contributed by atoms with Gasteiger partial charge in [0.25, 0.3) is 0 Å². The van der Waals surface area contributed by atoms with Crippen LogP contribution in [0.4, 0.5) is 0 Å². The minimum atomic E-state index is 0.293. The van der Waals surface area contributed by atoms with E-state index in [-0.39, 0.29) is 0 Å². The lowest BCUT2D eigenvalue weighted by Gasteiger charge is -2.19. The third kappa shape index (κ3) is 8.12. The monoisotopic (exact) mass is 203 g/mol. The molecule has 0 heterocycles. The number of nitrogens with two attached hydrogens (primary N) is 1. The summed E-state index contributed by atoms with van der Waals surface area (Å²) in [6.45, 7) is 7.42. The second-order valence-electron chi connectivity index (χ2n) is 2.91. The molecule has 0 aliphatic heterocycles. The van der Waals surface area contributed by atoms with Crippen molar-refractivity contribution in [3.05, 3.63) is 0 Å². The van der Waals surface area contributed by atoms with Gasteiger partial charge in [-0.05, 0) is 12.3 Å². The van der Waals surface area contributed by atoms with Gasteiger partial charge in [-0.3, -0.25) is 5.41 Å². The Morgan fingerprint density at radius 1 is 1.38 bits per heavy atom. The number of nitrogens with one attached hydrogen (secondary N) is 1. The summed E-state index contributed by atoms with van der Waals surface area (Å²) in [6, 6.07) is 0. The van der Waals surface area contributed by atoms with Crippen LogP contribution in [0.1, 0.15) is 20.3 Å². The van der Waals surface area contributed by atoms with Gasteiger partial charge in [0.15, 0.2) is 0 Å². The van der Waals surface area contributed by atoms with E-state index in [1.54, 1.807) is 0 Å². The highest BCUT2D eigenvalue weighted by Crippen LogP contribution is 2.00. The number of thioether (sulfide) groups is 1. The number of hydrogen-bond acceptors (Lipinski definition) is 3. The van der Waals surface area contributed by atoms with Gasteiger partial charge in [0.05, 0.1) is 5.84 Å². The lowest BCUT2D eigenvalue weighted by molar-refractivity contribution is 0.315. The van der Waals surface area contributed by atoms with Crippen LogP contribution in [0.5, 0.6) is 0 Å². The van der Waals surface area contributed by atoms with Crippen LogP contribution >= 0.6 is 11.8 Å². The molecule has 0 aliphatic rings. The molecule has 0 fully saturated rings. The summed E-state index contributed by atoms with van der Waals surface area (Å²) in [5, 5.41) is 7.12. The Bertz CT molecular complexity index is 139. The molecule has 0 radical (unpaired) electrons. The summed E-state index contributed by atoms with van der Waals surface area (Å²) in [6.07, 6.45) is 0.699. The highest BCUT2D eigenvalue weighted by molar-refractivity contribution is 7.99. The highest BCUT2D eigenvalue weighted by atomic mass is 32.2. The van der Waals surface area contributed by atoms with E-state index in [9.17, 15) is 0 Å². The zero-order valence-electron chi connectivity index (χ0n) is 8.68. The molecule has 3 N–H and O–H groups in total. The van der Waals surface area contributed by atoms with E-state index in [0.29, 0.717) is 12.3 Å². The fourth-order valence-corrected chi connectivity index (χ4v) is 1.72. The summed E-state index contributed by atoms with van der Waals surface area (Å²) >= 11 is 1.96. The van der Waals surface area contributed by atoms with Crippen LogP contribution in [-0.4, -0.2) is 41.9 Å². The van der Waals surface area contributed by atoms with Gasteiger partial charge in [0, 0.05) is 25.3 Å². The van der Waals surface area contributed by atoms with Crippen molar-refractivity contribution in [2.75, 3.05) is 31.1 Å². The van der Waals surface area contributed by atoms with Gasteiger partial charge < -0.3 is 10.6 Å². The van der Waals surface area contributed by atoms with Crippen molar-refractivity contribution in [1.82, 2.24) is 4.90 Å². The molecule has 0 unspecified atom stereocenters. The predicted molar refractivity (Wildman–Crippen MR) is 61.6 cm³/mol. The molecule has 3 nitrogen and oxygen atoms in total. The Labute approximate surface area is 85.6 Å². The summed E-state index contributed by atoms with van der Waals surface area (Å²) in [4.78, 5) is 2.34. The average Bonchev–Trinajstić information content (AvgIpc) is 2.10. The smallest absolute Gasteiger partial charge is 0.0918 e. The van der Waals surface area contributed by atoms with E-state index in [1.165, 1.54) is 11.5 Å². The van der Waals surface area contributed by atoms with Crippen molar-refractivity contribution in [3.63, 3.8) is 0 Å². The van der Waals surface area contributed by atoms with Crippen LogP contribution < -0.4 is 5.73 Å². The molecule has 0 amide bonds. The fourth-order valence-electron chi connectivity index (χ4n) is 1.04. The van der Waals surface area contributed by atoms with Gasteiger partial charge in [-0.15, -0.1) is 0 Å². The van der Waals surface area contributed by atoms with Crippen LogP contribution in [0.15, 0.2) is 0 Å². The maximum absolute atomic E-state index is 7.12. The van der Waals surface area contributed by atoms with E-state index in [4.69, 9.17) is 11.1 Å². The van der Waals surface area contributed by atoms with Crippen molar-refractivity contribution < 1.29 is 0 Å². The first-order valence-corrected chi connectivity index (χ1v) is 5.99. The average molecular weight is 203 g/mol. The summed E-state index contributed by atoms with van der Waals surface area (Å²) < 4.78 is 0. The van der Waals surface area contributed by atoms with Crippen LogP contribution in [0.25, 0.3) is 0 Å². The lowest BCUT2D eigenvalue weighted by atomic mass is 10.3. The van der Waals surface area contributed by atoms with Gasteiger partial charge in [0.1, 0.15) is 0 Å². The van der Waals surface area contributed by atoms with E-state index in [0.717, 1.165) is 19.6 Å². The summed E-state index contributed by atoms with van der Waals surface area (Å²) in [5.41, 5.74) is 5.30. The molecular formula is C9H21N3S. The number of nitrogens with zero attached hydrogens (tertiary/aromatic N) is 1. The van der Waals surface area contributed by atoms with Crippen molar-refractivity contribution in [2.24, 2.45) is 5.73 Å². The van der Waals surface area contributed by atoms with Gasteiger partial charge in [0.2, 0.25) is 0 Å². The van der Waals surface area contributed by atoms with Crippen molar-refractivity contribution >= 4 is 17.6 Å². The molecular weight excluding hydrogens is 182 g/mol. The molecule has 78 valence electrons. The predicted octanol–water partition coefficient (Wildman–Crippen LogP) is 1.39. The van der Waals surface area contributed by atoms with Crippen LogP contribution in [0.2, 0.25) is 0 Å². The summed E-state index contributed by atoms with van der Waals surface area (Å²) in [5.74, 6) is 2.66. The molecule has 0 aliphatic carbocycles. The van der Waals surface area contributed by atoms with E-state index >= 15 is 0 Å². The van der Waals surface area contributed by atoms with E-state index < -0.39 is 0 Å². The number of amidine groups is 1. The number of rotatable bonds is 8. The minimum Gasteiger partial charge on any atom is -0.388 e. The van der Waals surface area contributed by atoms with Crippen molar-refractivity contribution in [2.45, 2.75) is 20.3 Å². The second-order valence-corrected chi connectivity index (χ2v) is 4.30. The molecule has 0 atom stereocenters. The van der Waals surface area contributed by atoms with Gasteiger partial charge >= 0.3 is 0 Å². The number of hydrogen-bond donors (Lipinski definition) is 2. The Morgan fingerprint density at radius 3 is 2.54 bits per heavy atom. The molecule has 4 heteroatoms. The Kier molecular flexibility index (Phi) is 8.24. The largest absolute Gasteiger partial charge is 0.388 e. The maximum Gasteiger partial charge on any atom is 0.0918 e. The van der Waals surface area contributed by atoms with Crippen molar-refractivity contribution in [3.8, 4) is 0 Å².